The van der Waals surface area contributed by atoms with Crippen LogP contribution >= 0.6 is 0 Å². The number of carbonyl (C=O) groups excluding carboxylic acids is 3. The number of likely N-dealkylation sites (tertiary alicyclic amines) is 1. The van der Waals surface area contributed by atoms with Crippen LogP contribution in [0.4, 0.5) is 0 Å². The fourth-order valence-corrected chi connectivity index (χ4v) is 5.12. The minimum atomic E-state index is -0.422. The number of amides is 2. The first kappa shape index (κ1) is 23.0. The van der Waals surface area contributed by atoms with Gasteiger partial charge in [-0.2, -0.15) is 0 Å². The highest BCUT2D eigenvalue weighted by Gasteiger charge is 2.39. The first-order valence-electron chi connectivity index (χ1n) is 11.8. The van der Waals surface area contributed by atoms with Crippen molar-refractivity contribution in [2.45, 2.75) is 50.5 Å². The van der Waals surface area contributed by atoms with E-state index in [-0.39, 0.29) is 23.5 Å². The second-order valence-corrected chi connectivity index (χ2v) is 9.27. The molecule has 174 valence electrons. The third kappa shape index (κ3) is 5.62. The molecule has 2 aromatic carbocycles. The van der Waals surface area contributed by atoms with E-state index in [4.69, 9.17) is 4.74 Å². The Morgan fingerprint density at radius 2 is 1.97 bits per heavy atom. The SMILES string of the molecule is COc1cccc(C[C@@]2(CCC(=O)N3CCC[C@@H](C(=O)c4ccccc4)C3)CCC(=O)N2)c1. The number of benzene rings is 2. The highest BCUT2D eigenvalue weighted by Crippen LogP contribution is 2.31. The number of carbonyl (C=O) groups is 3. The van der Waals surface area contributed by atoms with Crippen molar-refractivity contribution in [2.75, 3.05) is 20.2 Å². The number of hydrogen-bond donors (Lipinski definition) is 1. The van der Waals surface area contributed by atoms with E-state index in [2.05, 4.69) is 5.32 Å². The van der Waals surface area contributed by atoms with Crippen LogP contribution in [0.25, 0.3) is 0 Å². The van der Waals surface area contributed by atoms with Gasteiger partial charge in [-0.1, -0.05) is 42.5 Å². The zero-order chi connectivity index (χ0) is 23.3. The summed E-state index contributed by atoms with van der Waals surface area (Å²) in [6, 6.07) is 17.2. The van der Waals surface area contributed by atoms with Gasteiger partial charge in [-0.05, 0) is 49.8 Å². The monoisotopic (exact) mass is 448 g/mol. The molecule has 2 aliphatic heterocycles. The quantitative estimate of drug-likeness (QED) is 0.624. The summed E-state index contributed by atoms with van der Waals surface area (Å²) >= 11 is 0. The number of Topliss-reactive ketones (excluding diaryl/α,β-unsaturated/α-hetero) is 1. The molecule has 2 heterocycles. The normalized spacial score (nSPS) is 22.6. The van der Waals surface area contributed by atoms with E-state index in [0.717, 1.165) is 24.2 Å². The van der Waals surface area contributed by atoms with Crippen molar-refractivity contribution < 1.29 is 19.1 Å². The Morgan fingerprint density at radius 1 is 1.15 bits per heavy atom. The molecule has 2 atom stereocenters. The van der Waals surface area contributed by atoms with Crippen LogP contribution in [0.2, 0.25) is 0 Å². The van der Waals surface area contributed by atoms with Crippen molar-refractivity contribution >= 4 is 17.6 Å². The third-order valence-corrected chi connectivity index (χ3v) is 6.93. The van der Waals surface area contributed by atoms with Gasteiger partial charge in [-0.15, -0.1) is 0 Å². The first-order valence-corrected chi connectivity index (χ1v) is 11.8. The fourth-order valence-electron chi connectivity index (χ4n) is 5.12. The number of piperidine rings is 1. The molecule has 2 amide bonds. The summed E-state index contributed by atoms with van der Waals surface area (Å²) in [6.45, 7) is 1.16. The lowest BCUT2D eigenvalue weighted by atomic mass is 9.84. The van der Waals surface area contributed by atoms with Crippen LogP contribution in [0.3, 0.4) is 0 Å². The fraction of sp³-hybridized carbons (Fsp3) is 0.444. The van der Waals surface area contributed by atoms with Crippen LogP contribution < -0.4 is 10.1 Å². The number of methoxy groups -OCH3 is 1. The van der Waals surface area contributed by atoms with Gasteiger partial charge in [0.25, 0.3) is 0 Å². The molecule has 0 aliphatic carbocycles. The van der Waals surface area contributed by atoms with Gasteiger partial charge < -0.3 is 15.0 Å². The molecular formula is C27H32N2O4. The van der Waals surface area contributed by atoms with Gasteiger partial charge in [0, 0.05) is 43.0 Å². The molecule has 1 N–H and O–H groups in total. The molecule has 0 bridgehead atoms. The van der Waals surface area contributed by atoms with E-state index in [1.165, 1.54) is 0 Å². The number of ketones is 1. The van der Waals surface area contributed by atoms with Crippen molar-refractivity contribution in [3.8, 4) is 5.75 Å². The van der Waals surface area contributed by atoms with Crippen molar-refractivity contribution in [2.24, 2.45) is 5.92 Å². The van der Waals surface area contributed by atoms with Crippen LogP contribution in [0.15, 0.2) is 54.6 Å². The average Bonchev–Trinajstić information content (AvgIpc) is 3.23. The molecule has 6 nitrogen and oxygen atoms in total. The Hall–Kier alpha value is -3.15. The van der Waals surface area contributed by atoms with E-state index in [9.17, 15) is 14.4 Å². The number of nitrogens with zero attached hydrogens (tertiary/aromatic N) is 1. The Bertz CT molecular complexity index is 1010. The van der Waals surface area contributed by atoms with Crippen LogP contribution in [0.1, 0.15) is 54.4 Å². The van der Waals surface area contributed by atoms with Gasteiger partial charge in [-0.25, -0.2) is 0 Å². The summed E-state index contributed by atoms with van der Waals surface area (Å²) in [4.78, 5) is 39.9. The maximum atomic E-state index is 13.1. The van der Waals surface area contributed by atoms with Crippen molar-refractivity contribution in [1.82, 2.24) is 10.2 Å². The zero-order valence-corrected chi connectivity index (χ0v) is 19.2. The Balaban J connectivity index is 1.39. The van der Waals surface area contributed by atoms with Crippen molar-refractivity contribution in [3.05, 3.63) is 65.7 Å². The minimum absolute atomic E-state index is 0.0387. The van der Waals surface area contributed by atoms with Gasteiger partial charge in [0.2, 0.25) is 11.8 Å². The molecule has 6 heteroatoms. The predicted octanol–water partition coefficient (Wildman–Crippen LogP) is 3.79. The lowest BCUT2D eigenvalue weighted by Crippen LogP contribution is -2.46. The summed E-state index contributed by atoms with van der Waals surface area (Å²) in [6.07, 6.45) is 4.45. The van der Waals surface area contributed by atoms with Gasteiger partial charge in [0.1, 0.15) is 5.75 Å². The summed E-state index contributed by atoms with van der Waals surface area (Å²) in [5, 5.41) is 3.16. The molecule has 0 saturated carbocycles. The Labute approximate surface area is 195 Å². The summed E-state index contributed by atoms with van der Waals surface area (Å²) in [5.74, 6) is 0.849. The molecule has 33 heavy (non-hydrogen) atoms. The molecule has 2 saturated heterocycles. The second kappa shape index (κ2) is 10.2. The van der Waals surface area contributed by atoms with Crippen molar-refractivity contribution in [3.63, 3.8) is 0 Å². The predicted molar refractivity (Wildman–Crippen MR) is 126 cm³/mol. The summed E-state index contributed by atoms with van der Waals surface area (Å²) in [5.41, 5.74) is 1.37. The number of ether oxygens (including phenoxy) is 1. The smallest absolute Gasteiger partial charge is 0.222 e. The van der Waals surface area contributed by atoms with Gasteiger partial charge >= 0.3 is 0 Å². The number of hydrogen-bond acceptors (Lipinski definition) is 4. The van der Waals surface area contributed by atoms with E-state index in [1.807, 2.05) is 59.5 Å². The van der Waals surface area contributed by atoms with Crippen LogP contribution in [0, 0.1) is 5.92 Å². The molecule has 2 aromatic rings. The van der Waals surface area contributed by atoms with E-state index < -0.39 is 5.54 Å². The van der Waals surface area contributed by atoms with Crippen LogP contribution in [-0.2, 0) is 16.0 Å². The Kier molecular flexibility index (Phi) is 7.11. The molecule has 0 unspecified atom stereocenters. The van der Waals surface area contributed by atoms with E-state index >= 15 is 0 Å². The number of nitrogens with one attached hydrogen (secondary N) is 1. The maximum absolute atomic E-state index is 13.1. The van der Waals surface area contributed by atoms with Gasteiger partial charge in [-0.3, -0.25) is 14.4 Å². The average molecular weight is 449 g/mol. The molecule has 2 fully saturated rings. The van der Waals surface area contributed by atoms with Crippen LogP contribution in [-0.4, -0.2) is 48.2 Å². The minimum Gasteiger partial charge on any atom is -0.497 e. The standard InChI is InChI=1S/C27H32N2O4/c1-33-23-11-5-7-20(17-23)18-27(14-12-24(30)28-27)15-13-25(31)29-16-6-10-22(19-29)26(32)21-8-3-2-4-9-21/h2-5,7-9,11,17,22H,6,10,12-16,18-19H2,1H3,(H,28,30)/t22-,27+/m1/s1. The third-order valence-electron chi connectivity index (χ3n) is 6.93. The molecular weight excluding hydrogens is 416 g/mol. The van der Waals surface area contributed by atoms with Crippen LogP contribution in [0.5, 0.6) is 5.75 Å². The topological polar surface area (TPSA) is 75.7 Å². The lowest BCUT2D eigenvalue weighted by molar-refractivity contribution is -0.133. The van der Waals surface area contributed by atoms with E-state index in [1.54, 1.807) is 7.11 Å². The van der Waals surface area contributed by atoms with Gasteiger partial charge in [0.15, 0.2) is 5.78 Å². The van der Waals surface area contributed by atoms with Crippen molar-refractivity contribution in [1.29, 1.82) is 0 Å². The highest BCUT2D eigenvalue weighted by molar-refractivity contribution is 5.98. The Morgan fingerprint density at radius 3 is 2.70 bits per heavy atom. The highest BCUT2D eigenvalue weighted by atomic mass is 16.5. The summed E-state index contributed by atoms with van der Waals surface area (Å²) < 4.78 is 5.34. The molecule has 0 radical (unpaired) electrons. The molecule has 0 aromatic heterocycles. The molecule has 0 spiro atoms. The largest absolute Gasteiger partial charge is 0.497 e. The maximum Gasteiger partial charge on any atom is 0.222 e. The second-order valence-electron chi connectivity index (χ2n) is 9.27. The first-order chi connectivity index (χ1) is 16.0. The molecule has 4 rings (SSSR count). The lowest BCUT2D eigenvalue weighted by Gasteiger charge is -2.34. The van der Waals surface area contributed by atoms with E-state index in [0.29, 0.717) is 50.8 Å². The summed E-state index contributed by atoms with van der Waals surface area (Å²) in [7, 11) is 1.64. The zero-order valence-electron chi connectivity index (χ0n) is 19.2. The van der Waals surface area contributed by atoms with Gasteiger partial charge in [0.05, 0.1) is 7.11 Å². The molecule has 2 aliphatic rings. The number of rotatable bonds is 8.